The second-order valence-corrected chi connectivity index (χ2v) is 8.39. The lowest BCUT2D eigenvalue weighted by Crippen LogP contribution is -2.48. The Labute approximate surface area is 152 Å². The van der Waals surface area contributed by atoms with Gasteiger partial charge in [0.05, 0.1) is 11.4 Å². The molecule has 0 atom stereocenters. The number of rotatable bonds is 5. The smallest absolute Gasteiger partial charge is 0.293 e. The van der Waals surface area contributed by atoms with Crippen molar-refractivity contribution in [2.45, 2.75) is 31.8 Å². The van der Waals surface area contributed by atoms with Crippen LogP contribution in [0.4, 0.5) is 8.78 Å². The highest BCUT2D eigenvalue weighted by molar-refractivity contribution is 7.89. The molecule has 1 saturated heterocycles. The zero-order valence-corrected chi connectivity index (χ0v) is 15.6. The highest BCUT2D eigenvalue weighted by Gasteiger charge is 2.29. The normalized spacial score (nSPS) is 17.1. The minimum atomic E-state index is -3.54. The summed E-state index contributed by atoms with van der Waals surface area (Å²) in [6.07, 6.45) is 2.60. The summed E-state index contributed by atoms with van der Waals surface area (Å²) in [7, 11) is -3.54. The number of benzene rings is 1. The second-order valence-electron chi connectivity index (χ2n) is 6.45. The van der Waals surface area contributed by atoms with Crippen molar-refractivity contribution in [3.63, 3.8) is 0 Å². The summed E-state index contributed by atoms with van der Waals surface area (Å²) in [4.78, 5) is 6.21. The first-order chi connectivity index (χ1) is 12.3. The molecule has 0 radical (unpaired) electrons. The van der Waals surface area contributed by atoms with Crippen LogP contribution >= 0.6 is 0 Å². The third kappa shape index (κ3) is 3.79. The van der Waals surface area contributed by atoms with Gasteiger partial charge in [-0.3, -0.25) is 9.47 Å². The molecule has 1 aromatic heterocycles. The molecule has 0 amide bonds. The molecule has 26 heavy (non-hydrogen) atoms. The maximum absolute atomic E-state index is 12.9. The predicted octanol–water partition coefficient (Wildman–Crippen LogP) is 2.40. The summed E-state index contributed by atoms with van der Waals surface area (Å²) >= 11 is 0. The molecule has 6 nitrogen and oxygen atoms in total. The van der Waals surface area contributed by atoms with E-state index >= 15 is 0 Å². The number of sulfonamides is 1. The molecule has 142 valence electrons. The van der Waals surface area contributed by atoms with E-state index in [9.17, 15) is 17.2 Å². The lowest BCUT2D eigenvalue weighted by atomic mass is 10.1. The fourth-order valence-corrected chi connectivity index (χ4v) is 4.50. The van der Waals surface area contributed by atoms with E-state index in [1.807, 2.05) is 24.8 Å². The summed E-state index contributed by atoms with van der Waals surface area (Å²) in [6, 6.07) is 5.13. The number of hydrogen-bond acceptors (Lipinski definition) is 4. The number of alkyl halides is 2. The Morgan fingerprint density at radius 1 is 1.12 bits per heavy atom. The van der Waals surface area contributed by atoms with E-state index in [2.05, 4.69) is 4.98 Å². The average molecular weight is 384 g/mol. The van der Waals surface area contributed by atoms with Gasteiger partial charge in [-0.2, -0.15) is 13.1 Å². The SMILES string of the molecule is Cc1ccc(S(=O)(=O)N2CCN(Cc3nccn3C(F)F)CC2)cc1C. The quantitative estimate of drug-likeness (QED) is 0.794. The van der Waals surface area contributed by atoms with Gasteiger partial charge >= 0.3 is 6.55 Å². The molecule has 1 aliphatic rings. The first-order valence-electron chi connectivity index (χ1n) is 8.38. The number of nitrogens with zero attached hydrogens (tertiary/aromatic N) is 4. The Kier molecular flexibility index (Phi) is 5.40. The van der Waals surface area contributed by atoms with Crippen molar-refractivity contribution < 1.29 is 17.2 Å². The van der Waals surface area contributed by atoms with Gasteiger partial charge in [-0.15, -0.1) is 0 Å². The van der Waals surface area contributed by atoms with Gasteiger partial charge in [-0.05, 0) is 37.1 Å². The van der Waals surface area contributed by atoms with Gasteiger partial charge in [0.25, 0.3) is 0 Å². The Bertz CT molecular complexity index is 875. The molecule has 2 heterocycles. The van der Waals surface area contributed by atoms with E-state index in [1.54, 1.807) is 12.1 Å². The van der Waals surface area contributed by atoms with E-state index in [-0.39, 0.29) is 12.4 Å². The van der Waals surface area contributed by atoms with Crippen molar-refractivity contribution in [1.82, 2.24) is 18.8 Å². The number of halogens is 2. The number of aromatic nitrogens is 2. The zero-order chi connectivity index (χ0) is 18.9. The minimum absolute atomic E-state index is 0.273. The highest BCUT2D eigenvalue weighted by atomic mass is 32.2. The molecule has 0 aliphatic carbocycles. The van der Waals surface area contributed by atoms with E-state index in [1.165, 1.54) is 16.7 Å². The molecule has 0 spiro atoms. The molecule has 0 N–H and O–H groups in total. The molecular formula is C17H22F2N4O2S. The van der Waals surface area contributed by atoms with Gasteiger partial charge in [0, 0.05) is 38.6 Å². The fraction of sp³-hybridized carbons (Fsp3) is 0.471. The maximum atomic E-state index is 12.9. The van der Waals surface area contributed by atoms with Crippen LogP contribution in [0.5, 0.6) is 0 Å². The van der Waals surface area contributed by atoms with Crippen molar-refractivity contribution in [3.05, 3.63) is 47.5 Å². The minimum Gasteiger partial charge on any atom is -0.293 e. The third-order valence-electron chi connectivity index (χ3n) is 4.77. The first kappa shape index (κ1) is 18.9. The lowest BCUT2D eigenvalue weighted by molar-refractivity contribution is 0.0626. The van der Waals surface area contributed by atoms with Crippen LogP contribution in [-0.2, 0) is 16.6 Å². The molecule has 0 unspecified atom stereocenters. The van der Waals surface area contributed by atoms with Gasteiger partial charge in [0.15, 0.2) is 0 Å². The molecule has 0 bridgehead atoms. The van der Waals surface area contributed by atoms with Crippen LogP contribution in [0.15, 0.2) is 35.5 Å². The first-order valence-corrected chi connectivity index (χ1v) is 9.82. The molecule has 0 saturated carbocycles. The Morgan fingerprint density at radius 2 is 1.81 bits per heavy atom. The summed E-state index contributed by atoms with van der Waals surface area (Å²) in [5.74, 6) is 0.283. The molecule has 9 heteroatoms. The maximum Gasteiger partial charge on any atom is 0.319 e. The Hall–Kier alpha value is -1.84. The van der Waals surface area contributed by atoms with Gasteiger partial charge < -0.3 is 0 Å². The zero-order valence-electron chi connectivity index (χ0n) is 14.8. The summed E-state index contributed by atoms with van der Waals surface area (Å²) in [5, 5.41) is 0. The third-order valence-corrected chi connectivity index (χ3v) is 6.67. The van der Waals surface area contributed by atoms with Crippen molar-refractivity contribution in [1.29, 1.82) is 0 Å². The largest absolute Gasteiger partial charge is 0.319 e. The van der Waals surface area contributed by atoms with E-state index in [0.29, 0.717) is 31.1 Å². The topological polar surface area (TPSA) is 58.4 Å². The van der Waals surface area contributed by atoms with Gasteiger partial charge in [-0.25, -0.2) is 13.4 Å². The molecular weight excluding hydrogens is 362 g/mol. The van der Waals surface area contributed by atoms with Gasteiger partial charge in [0.1, 0.15) is 5.82 Å². The standard InChI is InChI=1S/C17H22F2N4O2S/c1-13-3-4-15(11-14(13)2)26(24,25)22-9-7-21(8-10-22)12-16-20-5-6-23(16)17(18)19/h3-6,11,17H,7-10,12H2,1-2H3. The Morgan fingerprint density at radius 3 is 2.42 bits per heavy atom. The van der Waals surface area contributed by atoms with Gasteiger partial charge in [-0.1, -0.05) is 6.07 Å². The number of piperazine rings is 1. The van der Waals surface area contributed by atoms with Crippen LogP contribution in [0, 0.1) is 13.8 Å². The number of imidazole rings is 1. The molecule has 1 aliphatic heterocycles. The molecule has 1 fully saturated rings. The van der Waals surface area contributed by atoms with E-state index in [4.69, 9.17) is 0 Å². The second kappa shape index (κ2) is 7.42. The van der Waals surface area contributed by atoms with Crippen molar-refractivity contribution in [2.75, 3.05) is 26.2 Å². The average Bonchev–Trinajstić information content (AvgIpc) is 3.06. The molecule has 2 aromatic rings. The monoisotopic (exact) mass is 384 g/mol. The predicted molar refractivity (Wildman–Crippen MR) is 93.4 cm³/mol. The van der Waals surface area contributed by atoms with Gasteiger partial charge in [0.2, 0.25) is 10.0 Å². The van der Waals surface area contributed by atoms with Crippen LogP contribution in [0.2, 0.25) is 0 Å². The number of aryl methyl sites for hydroxylation is 2. The van der Waals surface area contributed by atoms with E-state index < -0.39 is 16.6 Å². The van der Waals surface area contributed by atoms with Crippen molar-refractivity contribution in [3.8, 4) is 0 Å². The summed E-state index contributed by atoms with van der Waals surface area (Å²) < 4.78 is 53.7. The summed E-state index contributed by atoms with van der Waals surface area (Å²) in [6.45, 7) is 3.06. The summed E-state index contributed by atoms with van der Waals surface area (Å²) in [5.41, 5.74) is 1.98. The van der Waals surface area contributed by atoms with Crippen molar-refractivity contribution >= 4 is 10.0 Å². The lowest BCUT2D eigenvalue weighted by Gasteiger charge is -2.33. The molecule has 1 aromatic carbocycles. The number of hydrogen-bond donors (Lipinski definition) is 0. The van der Waals surface area contributed by atoms with Crippen LogP contribution in [0.1, 0.15) is 23.5 Å². The van der Waals surface area contributed by atoms with Crippen LogP contribution < -0.4 is 0 Å². The molecule has 3 rings (SSSR count). The van der Waals surface area contributed by atoms with Crippen LogP contribution in [0.3, 0.4) is 0 Å². The highest BCUT2D eigenvalue weighted by Crippen LogP contribution is 2.21. The Balaban J connectivity index is 1.66. The fourth-order valence-electron chi connectivity index (χ4n) is 3.00. The van der Waals surface area contributed by atoms with E-state index in [0.717, 1.165) is 15.7 Å². The van der Waals surface area contributed by atoms with Crippen LogP contribution in [0.25, 0.3) is 0 Å². The van der Waals surface area contributed by atoms with Crippen LogP contribution in [-0.4, -0.2) is 53.4 Å². The van der Waals surface area contributed by atoms with Crippen molar-refractivity contribution in [2.24, 2.45) is 0 Å².